The number of non-ortho nitro benzene ring substituents is 1. The maximum absolute atomic E-state index is 13.4. The lowest BCUT2D eigenvalue weighted by Crippen LogP contribution is -2.32. The molecular formula is C37H41N3O7. The minimum Gasteiger partial charge on any atom is -0.478 e. The number of benzene rings is 2. The summed E-state index contributed by atoms with van der Waals surface area (Å²) in [4.78, 5) is 40.8. The van der Waals surface area contributed by atoms with E-state index < -0.39 is 22.8 Å². The quantitative estimate of drug-likeness (QED) is 0.102. The molecule has 10 heteroatoms. The lowest BCUT2D eigenvalue weighted by molar-refractivity contribution is -0.384. The monoisotopic (exact) mass is 639 g/mol. The first-order valence-corrected chi connectivity index (χ1v) is 15.6. The summed E-state index contributed by atoms with van der Waals surface area (Å²) >= 11 is 0. The van der Waals surface area contributed by atoms with Crippen molar-refractivity contribution in [2.45, 2.75) is 52.9 Å². The number of dihydropyridines is 1. The number of aliphatic carboxylic acids is 1. The third kappa shape index (κ3) is 9.46. The van der Waals surface area contributed by atoms with Gasteiger partial charge in [0.1, 0.15) is 0 Å². The summed E-state index contributed by atoms with van der Waals surface area (Å²) in [5.41, 5.74) is 5.55. The van der Waals surface area contributed by atoms with Gasteiger partial charge in [-0.05, 0) is 73.4 Å². The van der Waals surface area contributed by atoms with E-state index in [4.69, 9.17) is 9.47 Å². The third-order valence-electron chi connectivity index (χ3n) is 8.17. The van der Waals surface area contributed by atoms with Crippen LogP contribution in [0.2, 0.25) is 0 Å². The summed E-state index contributed by atoms with van der Waals surface area (Å²) in [5.74, 6) is -2.78. The van der Waals surface area contributed by atoms with Crippen molar-refractivity contribution in [2.75, 3.05) is 19.8 Å². The fourth-order valence-corrected chi connectivity index (χ4v) is 5.68. The maximum Gasteiger partial charge on any atom is 0.336 e. The van der Waals surface area contributed by atoms with Gasteiger partial charge in [0.15, 0.2) is 0 Å². The standard InChI is InChI=1S/C37H41N3O7/c1-5-27(23-46-22-24(2)18-28-11-13-29(14-12-28)19-30-8-7-16-38-21-30)15-17-47-37(43)34-26(4)39-25(3)33(36(41)42)35(34)31-9-6-10-32(20-31)40(44)45/h6-14,16,18,20-21,27,35,39H,5,15,17,19,22-23H2,1-4H3,(H,41,42). The Morgan fingerprint density at radius 3 is 2.47 bits per heavy atom. The smallest absolute Gasteiger partial charge is 0.336 e. The van der Waals surface area contributed by atoms with Crippen LogP contribution < -0.4 is 5.32 Å². The molecule has 0 radical (unpaired) electrons. The molecule has 0 bridgehead atoms. The van der Waals surface area contributed by atoms with Crippen molar-refractivity contribution in [3.63, 3.8) is 0 Å². The Labute approximate surface area is 275 Å². The van der Waals surface area contributed by atoms with E-state index in [1.54, 1.807) is 26.1 Å². The van der Waals surface area contributed by atoms with E-state index in [0.29, 0.717) is 36.6 Å². The molecule has 1 aromatic heterocycles. The Kier molecular flexibility index (Phi) is 12.2. The predicted molar refractivity (Wildman–Crippen MR) is 179 cm³/mol. The topological polar surface area (TPSA) is 141 Å². The zero-order valence-corrected chi connectivity index (χ0v) is 27.2. The van der Waals surface area contributed by atoms with Gasteiger partial charge in [0.25, 0.3) is 5.69 Å². The predicted octanol–water partition coefficient (Wildman–Crippen LogP) is 6.98. The summed E-state index contributed by atoms with van der Waals surface area (Å²) in [5, 5.41) is 24.4. The van der Waals surface area contributed by atoms with Gasteiger partial charge in [0, 0.05) is 42.5 Å². The van der Waals surface area contributed by atoms with Gasteiger partial charge in [-0.15, -0.1) is 0 Å². The molecule has 0 aliphatic carbocycles. The third-order valence-corrected chi connectivity index (χ3v) is 8.17. The number of rotatable bonds is 15. The van der Waals surface area contributed by atoms with Crippen molar-refractivity contribution in [3.8, 4) is 0 Å². The molecule has 47 heavy (non-hydrogen) atoms. The Morgan fingerprint density at radius 2 is 1.81 bits per heavy atom. The number of carbonyl (C=O) groups is 2. The molecule has 0 saturated heterocycles. The number of hydrogen-bond acceptors (Lipinski definition) is 8. The van der Waals surface area contributed by atoms with Crippen molar-refractivity contribution in [2.24, 2.45) is 5.92 Å². The lowest BCUT2D eigenvalue weighted by Gasteiger charge is -2.29. The average molecular weight is 640 g/mol. The van der Waals surface area contributed by atoms with Crippen LogP contribution in [0.5, 0.6) is 0 Å². The SMILES string of the molecule is CCC(CCOC(=O)C1=C(C)NC(C)=C(C(=O)O)C1c1cccc([N+](=O)[O-])c1)COCC(C)=Cc1ccc(Cc2cccnc2)cc1. The number of ether oxygens (including phenoxy) is 2. The van der Waals surface area contributed by atoms with Crippen LogP contribution in [-0.4, -0.2) is 46.8 Å². The number of carboxylic acid groups (broad SMARTS) is 1. The minimum absolute atomic E-state index is 0.0630. The van der Waals surface area contributed by atoms with Crippen LogP contribution in [0.4, 0.5) is 5.69 Å². The largest absolute Gasteiger partial charge is 0.478 e. The van der Waals surface area contributed by atoms with Crippen LogP contribution in [0.3, 0.4) is 0 Å². The van der Waals surface area contributed by atoms with Crippen LogP contribution in [0.1, 0.15) is 68.7 Å². The van der Waals surface area contributed by atoms with Gasteiger partial charge in [-0.25, -0.2) is 9.59 Å². The molecule has 0 spiro atoms. The number of nitro benzene ring substituents is 1. The van der Waals surface area contributed by atoms with Gasteiger partial charge in [0.05, 0.1) is 35.2 Å². The Balaban J connectivity index is 1.32. The van der Waals surface area contributed by atoms with E-state index in [2.05, 4.69) is 46.7 Å². The van der Waals surface area contributed by atoms with Crippen molar-refractivity contribution < 1.29 is 29.1 Å². The Morgan fingerprint density at radius 1 is 1.06 bits per heavy atom. The summed E-state index contributed by atoms with van der Waals surface area (Å²) in [6.07, 6.45) is 7.97. The normalized spacial score (nSPS) is 15.7. The van der Waals surface area contributed by atoms with Crippen LogP contribution in [0.25, 0.3) is 6.08 Å². The first-order chi connectivity index (χ1) is 22.6. The van der Waals surface area contributed by atoms with Crippen LogP contribution >= 0.6 is 0 Å². The number of aromatic nitrogens is 1. The lowest BCUT2D eigenvalue weighted by atomic mass is 9.80. The van der Waals surface area contributed by atoms with Crippen LogP contribution in [0.15, 0.2) is 101 Å². The number of carbonyl (C=O) groups excluding carboxylic acids is 1. The van der Waals surface area contributed by atoms with Crippen molar-refractivity contribution in [1.82, 2.24) is 10.3 Å². The molecule has 1 aliphatic heterocycles. The Hall–Kier alpha value is -5.09. The van der Waals surface area contributed by atoms with Crippen molar-refractivity contribution in [1.29, 1.82) is 0 Å². The van der Waals surface area contributed by atoms with Gasteiger partial charge >= 0.3 is 11.9 Å². The molecular weight excluding hydrogens is 598 g/mol. The number of nitrogens with one attached hydrogen (secondary N) is 1. The molecule has 10 nitrogen and oxygen atoms in total. The van der Waals surface area contributed by atoms with E-state index in [-0.39, 0.29) is 29.4 Å². The van der Waals surface area contributed by atoms with Gasteiger partial charge < -0.3 is 19.9 Å². The number of esters is 1. The average Bonchev–Trinajstić information content (AvgIpc) is 3.04. The molecule has 4 rings (SSSR count). The van der Waals surface area contributed by atoms with E-state index in [1.165, 1.54) is 29.3 Å². The highest BCUT2D eigenvalue weighted by molar-refractivity contribution is 5.99. The summed E-state index contributed by atoms with van der Waals surface area (Å²) in [6.45, 7) is 8.42. The molecule has 0 amide bonds. The number of hydrogen-bond donors (Lipinski definition) is 2. The Bertz CT molecular complexity index is 1680. The fraction of sp³-hybridized carbons (Fsp3) is 0.324. The summed E-state index contributed by atoms with van der Waals surface area (Å²) in [6, 6.07) is 18.1. The number of nitro groups is 1. The van der Waals surface area contributed by atoms with Gasteiger partial charge in [0.2, 0.25) is 0 Å². The highest BCUT2D eigenvalue weighted by Gasteiger charge is 2.37. The molecule has 2 heterocycles. The minimum atomic E-state index is -1.23. The van der Waals surface area contributed by atoms with Gasteiger partial charge in [-0.3, -0.25) is 15.1 Å². The summed E-state index contributed by atoms with van der Waals surface area (Å²) in [7, 11) is 0. The molecule has 3 aromatic rings. The second kappa shape index (κ2) is 16.5. The number of carboxylic acids is 1. The van der Waals surface area contributed by atoms with E-state index in [9.17, 15) is 24.8 Å². The highest BCUT2D eigenvalue weighted by atomic mass is 16.6. The fourth-order valence-electron chi connectivity index (χ4n) is 5.68. The van der Waals surface area contributed by atoms with E-state index >= 15 is 0 Å². The van der Waals surface area contributed by atoms with Gasteiger partial charge in [-0.1, -0.05) is 61.9 Å². The van der Waals surface area contributed by atoms with Crippen molar-refractivity contribution in [3.05, 3.63) is 134 Å². The molecule has 2 atom stereocenters. The molecule has 1 aliphatic rings. The molecule has 2 unspecified atom stereocenters. The van der Waals surface area contributed by atoms with E-state index in [0.717, 1.165) is 24.0 Å². The number of nitrogens with zero attached hydrogens (tertiary/aromatic N) is 2. The zero-order valence-electron chi connectivity index (χ0n) is 27.2. The van der Waals surface area contributed by atoms with Crippen LogP contribution in [-0.2, 0) is 25.5 Å². The first kappa shape index (κ1) is 34.8. The molecule has 0 fully saturated rings. The van der Waals surface area contributed by atoms with Crippen LogP contribution in [0, 0.1) is 16.0 Å². The summed E-state index contributed by atoms with van der Waals surface area (Å²) < 4.78 is 11.7. The number of allylic oxidation sites excluding steroid dienone is 2. The van der Waals surface area contributed by atoms with E-state index in [1.807, 2.05) is 26.1 Å². The van der Waals surface area contributed by atoms with Gasteiger partial charge in [-0.2, -0.15) is 0 Å². The molecule has 246 valence electrons. The maximum atomic E-state index is 13.4. The molecule has 2 N–H and O–H groups in total. The highest BCUT2D eigenvalue weighted by Crippen LogP contribution is 2.39. The molecule has 0 saturated carbocycles. The second-order valence-corrected chi connectivity index (χ2v) is 11.8. The second-order valence-electron chi connectivity index (χ2n) is 11.8. The first-order valence-electron chi connectivity index (χ1n) is 15.6. The number of pyridine rings is 1. The zero-order chi connectivity index (χ0) is 33.9. The van der Waals surface area contributed by atoms with Crippen molar-refractivity contribution >= 4 is 23.7 Å². The molecule has 2 aromatic carbocycles.